The SMILES string of the molecule is CC(C)c1cc(-c2nnc(O)n2Cc2ccc(/C=N/N(C)C)cc2)c(O)cc1O. The van der Waals surface area contributed by atoms with Crippen LogP contribution in [0.1, 0.15) is 36.5 Å². The molecule has 0 bridgehead atoms. The highest BCUT2D eigenvalue weighted by Crippen LogP contribution is 2.38. The first kappa shape index (κ1) is 20.2. The summed E-state index contributed by atoms with van der Waals surface area (Å²) in [5, 5.41) is 44.4. The van der Waals surface area contributed by atoms with E-state index in [0.29, 0.717) is 23.5 Å². The van der Waals surface area contributed by atoms with Gasteiger partial charge in [-0.15, -0.1) is 5.10 Å². The zero-order valence-corrected chi connectivity index (χ0v) is 16.9. The van der Waals surface area contributed by atoms with Gasteiger partial charge < -0.3 is 20.3 Å². The van der Waals surface area contributed by atoms with Crippen molar-refractivity contribution in [2.24, 2.45) is 5.10 Å². The molecule has 0 aliphatic rings. The number of phenolic OH excluding ortho intramolecular Hbond substituents is 2. The van der Waals surface area contributed by atoms with Crippen LogP contribution in [0.25, 0.3) is 11.4 Å². The number of phenols is 2. The summed E-state index contributed by atoms with van der Waals surface area (Å²) < 4.78 is 1.51. The maximum absolute atomic E-state index is 10.3. The maximum Gasteiger partial charge on any atom is 0.315 e. The highest BCUT2D eigenvalue weighted by atomic mass is 16.3. The van der Waals surface area contributed by atoms with Crippen molar-refractivity contribution < 1.29 is 15.3 Å². The molecule has 0 saturated carbocycles. The first-order valence-electron chi connectivity index (χ1n) is 9.25. The second-order valence-corrected chi connectivity index (χ2v) is 7.33. The van der Waals surface area contributed by atoms with Crippen molar-refractivity contribution in [1.29, 1.82) is 0 Å². The van der Waals surface area contributed by atoms with Gasteiger partial charge >= 0.3 is 6.01 Å². The van der Waals surface area contributed by atoms with Gasteiger partial charge in [0.15, 0.2) is 5.82 Å². The third-order valence-electron chi connectivity index (χ3n) is 4.50. The Morgan fingerprint density at radius 3 is 2.34 bits per heavy atom. The largest absolute Gasteiger partial charge is 0.508 e. The van der Waals surface area contributed by atoms with E-state index in [9.17, 15) is 15.3 Å². The molecule has 0 aliphatic heterocycles. The lowest BCUT2D eigenvalue weighted by molar-refractivity contribution is 0.404. The summed E-state index contributed by atoms with van der Waals surface area (Å²) in [6.07, 6.45) is 1.76. The summed E-state index contributed by atoms with van der Waals surface area (Å²) in [4.78, 5) is 0. The summed E-state index contributed by atoms with van der Waals surface area (Å²) in [6.45, 7) is 4.20. The number of benzene rings is 2. The van der Waals surface area contributed by atoms with E-state index >= 15 is 0 Å². The van der Waals surface area contributed by atoms with E-state index in [1.165, 1.54) is 10.6 Å². The van der Waals surface area contributed by atoms with Crippen LogP contribution in [0, 0.1) is 0 Å². The lowest BCUT2D eigenvalue weighted by atomic mass is 9.98. The molecule has 0 aliphatic carbocycles. The fraction of sp³-hybridized carbons (Fsp3) is 0.286. The van der Waals surface area contributed by atoms with Gasteiger partial charge in [0, 0.05) is 20.2 Å². The molecule has 29 heavy (non-hydrogen) atoms. The molecule has 0 amide bonds. The van der Waals surface area contributed by atoms with Gasteiger partial charge in [-0.05, 0) is 28.7 Å². The third-order valence-corrected chi connectivity index (χ3v) is 4.50. The summed E-state index contributed by atoms with van der Waals surface area (Å²) in [7, 11) is 3.70. The lowest BCUT2D eigenvalue weighted by Crippen LogP contribution is -2.04. The fourth-order valence-corrected chi connectivity index (χ4v) is 2.95. The van der Waals surface area contributed by atoms with Crippen molar-refractivity contribution in [3.8, 4) is 28.9 Å². The normalized spacial score (nSPS) is 11.5. The molecule has 0 fully saturated rings. The Morgan fingerprint density at radius 1 is 1.03 bits per heavy atom. The molecule has 8 heteroatoms. The molecular weight excluding hydrogens is 370 g/mol. The highest BCUT2D eigenvalue weighted by molar-refractivity contribution is 5.79. The van der Waals surface area contributed by atoms with Crippen LogP contribution >= 0.6 is 0 Å². The molecule has 0 unspecified atom stereocenters. The standard InChI is InChI=1S/C21H25N5O3/c1-13(2)16-9-17(19(28)10-18(16)27)20-23-24-21(29)26(20)12-15-7-5-14(6-8-15)11-22-25(3)4/h5-11,13,27-28H,12H2,1-4H3,(H,24,29)/b22-11+. The number of rotatable bonds is 6. The monoisotopic (exact) mass is 395 g/mol. The molecule has 152 valence electrons. The predicted octanol–water partition coefficient (Wildman–Crippen LogP) is 3.13. The van der Waals surface area contributed by atoms with Gasteiger partial charge in [-0.1, -0.05) is 43.2 Å². The Balaban J connectivity index is 1.94. The second kappa shape index (κ2) is 8.22. The third kappa shape index (κ3) is 4.48. The second-order valence-electron chi connectivity index (χ2n) is 7.33. The van der Waals surface area contributed by atoms with Crippen molar-refractivity contribution in [2.45, 2.75) is 26.3 Å². The zero-order chi connectivity index (χ0) is 21.1. The number of aromatic nitrogens is 3. The van der Waals surface area contributed by atoms with E-state index in [4.69, 9.17) is 0 Å². The molecule has 1 aromatic heterocycles. The van der Waals surface area contributed by atoms with E-state index in [-0.39, 0.29) is 23.4 Å². The number of hydrogen-bond acceptors (Lipinski definition) is 7. The molecule has 3 rings (SSSR count). The van der Waals surface area contributed by atoms with Crippen LogP contribution in [-0.4, -0.2) is 55.4 Å². The van der Waals surface area contributed by atoms with Crippen LogP contribution < -0.4 is 0 Å². The molecule has 0 spiro atoms. The van der Waals surface area contributed by atoms with Gasteiger partial charge in [0.05, 0.1) is 18.3 Å². The van der Waals surface area contributed by atoms with Gasteiger partial charge in [0.25, 0.3) is 0 Å². The van der Waals surface area contributed by atoms with Crippen molar-refractivity contribution >= 4 is 6.21 Å². The van der Waals surface area contributed by atoms with Gasteiger partial charge in [-0.25, -0.2) is 0 Å². The maximum atomic E-state index is 10.3. The Morgan fingerprint density at radius 2 is 1.72 bits per heavy atom. The van der Waals surface area contributed by atoms with Crippen LogP contribution in [0.4, 0.5) is 0 Å². The number of nitrogens with zero attached hydrogens (tertiary/aromatic N) is 5. The first-order valence-corrected chi connectivity index (χ1v) is 9.25. The topological polar surface area (TPSA) is 107 Å². The van der Waals surface area contributed by atoms with Crippen LogP contribution in [-0.2, 0) is 6.54 Å². The van der Waals surface area contributed by atoms with Crippen LogP contribution in [0.2, 0.25) is 0 Å². The van der Waals surface area contributed by atoms with Crippen LogP contribution in [0.15, 0.2) is 41.5 Å². The fourth-order valence-electron chi connectivity index (χ4n) is 2.95. The van der Waals surface area contributed by atoms with E-state index in [1.54, 1.807) is 17.3 Å². The number of hydrazone groups is 1. The minimum absolute atomic E-state index is 0.0199. The van der Waals surface area contributed by atoms with Crippen molar-refractivity contribution in [3.63, 3.8) is 0 Å². The Hall–Kier alpha value is -3.55. The van der Waals surface area contributed by atoms with Crippen molar-refractivity contribution in [2.75, 3.05) is 14.1 Å². The Labute approximate surface area is 169 Å². The highest BCUT2D eigenvalue weighted by Gasteiger charge is 2.20. The van der Waals surface area contributed by atoms with Crippen LogP contribution in [0.3, 0.4) is 0 Å². The molecule has 3 aromatic rings. The molecule has 0 atom stereocenters. The van der Waals surface area contributed by atoms with E-state index in [1.807, 2.05) is 52.2 Å². The van der Waals surface area contributed by atoms with E-state index in [2.05, 4.69) is 15.3 Å². The van der Waals surface area contributed by atoms with Gasteiger partial charge in [0.1, 0.15) is 11.5 Å². The number of aromatic hydroxyl groups is 3. The predicted molar refractivity (Wildman–Crippen MR) is 111 cm³/mol. The Kier molecular flexibility index (Phi) is 5.72. The molecule has 0 saturated heterocycles. The average Bonchev–Trinajstić information content (AvgIpc) is 3.01. The summed E-state index contributed by atoms with van der Waals surface area (Å²) in [6, 6.07) is 10.4. The molecule has 1 heterocycles. The number of hydrogen-bond donors (Lipinski definition) is 3. The molecule has 8 nitrogen and oxygen atoms in total. The first-order chi connectivity index (χ1) is 13.8. The zero-order valence-electron chi connectivity index (χ0n) is 16.9. The quantitative estimate of drug-likeness (QED) is 0.437. The minimum atomic E-state index is -0.253. The van der Waals surface area contributed by atoms with Crippen molar-refractivity contribution in [3.05, 3.63) is 53.1 Å². The smallest absolute Gasteiger partial charge is 0.315 e. The molecular formula is C21H25N5O3. The van der Waals surface area contributed by atoms with E-state index in [0.717, 1.165) is 11.1 Å². The van der Waals surface area contributed by atoms with Gasteiger partial charge in [-0.2, -0.15) is 5.10 Å². The molecule has 3 N–H and O–H groups in total. The average molecular weight is 395 g/mol. The van der Waals surface area contributed by atoms with Crippen LogP contribution in [0.5, 0.6) is 17.5 Å². The summed E-state index contributed by atoms with van der Waals surface area (Å²) >= 11 is 0. The Bertz CT molecular complexity index is 1020. The van der Waals surface area contributed by atoms with Gasteiger partial charge in [0.2, 0.25) is 0 Å². The van der Waals surface area contributed by atoms with Crippen molar-refractivity contribution in [1.82, 2.24) is 19.8 Å². The minimum Gasteiger partial charge on any atom is -0.508 e. The van der Waals surface area contributed by atoms with Gasteiger partial charge in [-0.3, -0.25) is 4.57 Å². The molecule has 2 aromatic carbocycles. The lowest BCUT2D eigenvalue weighted by Gasteiger charge is -2.13. The summed E-state index contributed by atoms with van der Waals surface area (Å²) in [5.41, 5.74) is 2.95. The summed E-state index contributed by atoms with van der Waals surface area (Å²) in [5.74, 6) is 0.262. The molecule has 0 radical (unpaired) electrons. The van der Waals surface area contributed by atoms with E-state index < -0.39 is 0 Å².